The quantitative estimate of drug-likeness (QED) is 0.794. The zero-order chi connectivity index (χ0) is 15.9. The summed E-state index contributed by atoms with van der Waals surface area (Å²) in [6, 6.07) is 4.82. The zero-order valence-corrected chi connectivity index (χ0v) is 12.7. The van der Waals surface area contributed by atoms with Crippen LogP contribution < -0.4 is 0 Å². The summed E-state index contributed by atoms with van der Waals surface area (Å²) in [6.07, 6.45) is 1.85. The Bertz CT molecular complexity index is 603. The molecule has 0 radical (unpaired) electrons. The van der Waals surface area contributed by atoms with Crippen LogP contribution in [0.2, 0.25) is 0 Å². The van der Waals surface area contributed by atoms with Crippen molar-refractivity contribution in [3.05, 3.63) is 29.6 Å². The highest BCUT2D eigenvalue weighted by Gasteiger charge is 2.24. The van der Waals surface area contributed by atoms with Gasteiger partial charge in [0.1, 0.15) is 11.9 Å². The van der Waals surface area contributed by atoms with E-state index in [9.17, 15) is 12.8 Å². The number of rotatable bonds is 8. The standard InChI is InChI=1S/C14H19FN2O3S/c1-2-3-7-17(8-4-9-18)21(19,20)13-5-6-14(15)12(10-13)11-16/h5-6,10,18H,2-4,7-9H2,1H3. The van der Waals surface area contributed by atoms with Gasteiger partial charge >= 0.3 is 0 Å². The number of hydrogen-bond acceptors (Lipinski definition) is 4. The van der Waals surface area contributed by atoms with E-state index in [1.165, 1.54) is 4.31 Å². The largest absolute Gasteiger partial charge is 0.396 e. The summed E-state index contributed by atoms with van der Waals surface area (Å²) >= 11 is 0. The Kier molecular flexibility index (Phi) is 6.75. The third-order valence-corrected chi connectivity index (χ3v) is 4.92. The molecular weight excluding hydrogens is 295 g/mol. The number of sulfonamides is 1. The SMILES string of the molecule is CCCCN(CCCO)S(=O)(=O)c1ccc(F)c(C#N)c1. The van der Waals surface area contributed by atoms with Crippen molar-refractivity contribution in [2.45, 2.75) is 31.1 Å². The maximum atomic E-state index is 13.3. The van der Waals surface area contributed by atoms with Gasteiger partial charge in [-0.2, -0.15) is 9.57 Å². The third-order valence-electron chi connectivity index (χ3n) is 3.02. The van der Waals surface area contributed by atoms with Crippen molar-refractivity contribution >= 4 is 10.0 Å². The number of aliphatic hydroxyl groups is 1. The first-order chi connectivity index (χ1) is 9.97. The summed E-state index contributed by atoms with van der Waals surface area (Å²) < 4.78 is 39.6. The number of hydrogen-bond donors (Lipinski definition) is 1. The molecule has 0 fully saturated rings. The van der Waals surface area contributed by atoms with Crippen molar-refractivity contribution in [2.24, 2.45) is 0 Å². The summed E-state index contributed by atoms with van der Waals surface area (Å²) in [5, 5.41) is 17.7. The van der Waals surface area contributed by atoms with Crippen LogP contribution in [0.15, 0.2) is 23.1 Å². The highest BCUT2D eigenvalue weighted by molar-refractivity contribution is 7.89. The summed E-state index contributed by atoms with van der Waals surface area (Å²) in [7, 11) is -3.79. The van der Waals surface area contributed by atoms with Crippen molar-refractivity contribution in [3.8, 4) is 6.07 Å². The highest BCUT2D eigenvalue weighted by atomic mass is 32.2. The van der Waals surface area contributed by atoms with Crippen LogP contribution in [-0.2, 0) is 10.0 Å². The minimum Gasteiger partial charge on any atom is -0.396 e. The van der Waals surface area contributed by atoms with E-state index in [4.69, 9.17) is 10.4 Å². The van der Waals surface area contributed by atoms with Gasteiger partial charge in [0.15, 0.2) is 0 Å². The molecular formula is C14H19FN2O3S. The normalized spacial score (nSPS) is 11.6. The number of halogens is 1. The molecule has 0 unspecified atom stereocenters. The number of unbranched alkanes of at least 4 members (excludes halogenated alkanes) is 1. The van der Waals surface area contributed by atoms with Gasteiger partial charge in [-0.05, 0) is 31.0 Å². The minimum absolute atomic E-state index is 0.102. The third kappa shape index (κ3) is 4.49. The molecule has 0 aliphatic rings. The van der Waals surface area contributed by atoms with Gasteiger partial charge in [-0.1, -0.05) is 13.3 Å². The lowest BCUT2D eigenvalue weighted by Crippen LogP contribution is -2.33. The lowest BCUT2D eigenvalue weighted by molar-refractivity contribution is 0.268. The Labute approximate surface area is 124 Å². The second kappa shape index (κ2) is 8.08. The highest BCUT2D eigenvalue weighted by Crippen LogP contribution is 2.19. The predicted octanol–water partition coefficient (Wildman–Crippen LogP) is 1.87. The van der Waals surface area contributed by atoms with Crippen LogP contribution in [-0.4, -0.2) is 37.5 Å². The fourth-order valence-corrected chi connectivity index (χ4v) is 3.38. The molecule has 1 N–H and O–H groups in total. The van der Waals surface area contributed by atoms with Crippen LogP contribution in [0.5, 0.6) is 0 Å². The average molecular weight is 314 g/mol. The molecule has 1 aromatic rings. The first-order valence-electron chi connectivity index (χ1n) is 6.78. The van der Waals surface area contributed by atoms with Crippen molar-refractivity contribution in [1.29, 1.82) is 5.26 Å². The molecule has 116 valence electrons. The van der Waals surface area contributed by atoms with E-state index in [0.29, 0.717) is 19.4 Å². The van der Waals surface area contributed by atoms with Gasteiger partial charge in [0.25, 0.3) is 0 Å². The van der Waals surface area contributed by atoms with Crippen LogP contribution in [0.3, 0.4) is 0 Å². The molecule has 0 spiro atoms. The molecule has 0 amide bonds. The second-order valence-electron chi connectivity index (χ2n) is 4.59. The minimum atomic E-state index is -3.79. The Morgan fingerprint density at radius 1 is 1.33 bits per heavy atom. The molecule has 1 rings (SSSR count). The van der Waals surface area contributed by atoms with E-state index in [-0.39, 0.29) is 23.6 Å². The van der Waals surface area contributed by atoms with Gasteiger partial charge in [-0.15, -0.1) is 0 Å². The van der Waals surface area contributed by atoms with E-state index >= 15 is 0 Å². The number of nitriles is 1. The Hall–Kier alpha value is -1.49. The predicted molar refractivity (Wildman–Crippen MR) is 76.5 cm³/mol. The smallest absolute Gasteiger partial charge is 0.243 e. The fourth-order valence-electron chi connectivity index (χ4n) is 1.83. The molecule has 0 aliphatic heterocycles. The van der Waals surface area contributed by atoms with E-state index in [1.807, 2.05) is 6.92 Å². The number of nitrogens with zero attached hydrogens (tertiary/aromatic N) is 2. The van der Waals surface area contributed by atoms with Crippen LogP contribution >= 0.6 is 0 Å². The zero-order valence-electron chi connectivity index (χ0n) is 11.9. The van der Waals surface area contributed by atoms with Crippen molar-refractivity contribution in [2.75, 3.05) is 19.7 Å². The van der Waals surface area contributed by atoms with Gasteiger partial charge in [-0.25, -0.2) is 12.8 Å². The maximum Gasteiger partial charge on any atom is 0.243 e. The number of benzene rings is 1. The molecule has 21 heavy (non-hydrogen) atoms. The molecule has 0 heterocycles. The van der Waals surface area contributed by atoms with Crippen molar-refractivity contribution in [3.63, 3.8) is 0 Å². The molecule has 0 aliphatic carbocycles. The summed E-state index contributed by atoms with van der Waals surface area (Å²) in [4.78, 5) is -0.102. The van der Waals surface area contributed by atoms with Crippen LogP contribution in [0.1, 0.15) is 31.7 Å². The Morgan fingerprint density at radius 3 is 2.57 bits per heavy atom. The first kappa shape index (κ1) is 17.6. The van der Waals surface area contributed by atoms with Gasteiger partial charge in [-0.3, -0.25) is 0 Å². The van der Waals surface area contributed by atoms with Crippen LogP contribution in [0.25, 0.3) is 0 Å². The Morgan fingerprint density at radius 2 is 2.00 bits per heavy atom. The molecule has 0 saturated carbocycles. The molecule has 1 aromatic carbocycles. The van der Waals surface area contributed by atoms with Gasteiger partial charge < -0.3 is 5.11 Å². The molecule has 0 saturated heterocycles. The van der Waals surface area contributed by atoms with E-state index in [0.717, 1.165) is 24.6 Å². The van der Waals surface area contributed by atoms with Crippen molar-refractivity contribution < 1.29 is 17.9 Å². The second-order valence-corrected chi connectivity index (χ2v) is 6.53. The lowest BCUT2D eigenvalue weighted by atomic mass is 10.2. The molecule has 0 aromatic heterocycles. The van der Waals surface area contributed by atoms with Gasteiger partial charge in [0.05, 0.1) is 10.5 Å². The topological polar surface area (TPSA) is 81.4 Å². The van der Waals surface area contributed by atoms with E-state index < -0.39 is 15.8 Å². The summed E-state index contributed by atoms with van der Waals surface area (Å²) in [5.74, 6) is -0.744. The summed E-state index contributed by atoms with van der Waals surface area (Å²) in [5.41, 5.74) is -0.298. The summed E-state index contributed by atoms with van der Waals surface area (Å²) in [6.45, 7) is 2.36. The molecule has 0 atom stereocenters. The maximum absolute atomic E-state index is 13.3. The van der Waals surface area contributed by atoms with Crippen LogP contribution in [0, 0.1) is 17.1 Å². The fraction of sp³-hybridized carbons (Fsp3) is 0.500. The first-order valence-corrected chi connectivity index (χ1v) is 8.22. The molecule has 7 heteroatoms. The van der Waals surface area contributed by atoms with E-state index in [1.54, 1.807) is 6.07 Å². The number of aliphatic hydroxyl groups excluding tert-OH is 1. The Balaban J connectivity index is 3.12. The lowest BCUT2D eigenvalue weighted by Gasteiger charge is -2.21. The van der Waals surface area contributed by atoms with Gasteiger partial charge in [0, 0.05) is 19.7 Å². The monoisotopic (exact) mass is 314 g/mol. The molecule has 5 nitrogen and oxygen atoms in total. The van der Waals surface area contributed by atoms with Gasteiger partial charge in [0.2, 0.25) is 10.0 Å². The molecule has 0 bridgehead atoms. The van der Waals surface area contributed by atoms with Crippen molar-refractivity contribution in [1.82, 2.24) is 4.31 Å². The van der Waals surface area contributed by atoms with E-state index in [2.05, 4.69) is 0 Å². The average Bonchev–Trinajstić information content (AvgIpc) is 2.47. The van der Waals surface area contributed by atoms with Crippen LogP contribution in [0.4, 0.5) is 4.39 Å².